The zero-order valence-electron chi connectivity index (χ0n) is 12.8. The van der Waals surface area contributed by atoms with Crippen LogP contribution in [0.3, 0.4) is 0 Å². The maximum atomic E-state index is 12.6. The van der Waals surface area contributed by atoms with Gasteiger partial charge in [0.1, 0.15) is 6.04 Å². The molecule has 7 nitrogen and oxygen atoms in total. The van der Waals surface area contributed by atoms with E-state index in [-0.39, 0.29) is 11.4 Å². The number of hydrogen-bond donors (Lipinski definition) is 2. The van der Waals surface area contributed by atoms with Crippen molar-refractivity contribution in [1.82, 2.24) is 9.62 Å². The summed E-state index contributed by atoms with van der Waals surface area (Å²) in [4.78, 5) is 23.1. The van der Waals surface area contributed by atoms with Gasteiger partial charge in [-0.1, -0.05) is 18.2 Å². The maximum absolute atomic E-state index is 12.6. The molecule has 1 saturated heterocycles. The summed E-state index contributed by atoms with van der Waals surface area (Å²) >= 11 is 0. The fourth-order valence-electron chi connectivity index (χ4n) is 2.51. The number of rotatable bonds is 5. The third-order valence-corrected chi connectivity index (χ3v) is 5.74. The van der Waals surface area contributed by atoms with Crippen LogP contribution in [0.4, 0.5) is 0 Å². The zero-order valence-corrected chi connectivity index (χ0v) is 13.6. The second-order valence-electron chi connectivity index (χ2n) is 5.58. The summed E-state index contributed by atoms with van der Waals surface area (Å²) in [6.07, 6.45) is 1.10. The first-order chi connectivity index (χ1) is 10.8. The van der Waals surface area contributed by atoms with E-state index >= 15 is 0 Å². The lowest BCUT2D eigenvalue weighted by molar-refractivity contribution is -0.142. The van der Waals surface area contributed by atoms with Crippen molar-refractivity contribution in [2.45, 2.75) is 30.7 Å². The quantitative estimate of drug-likeness (QED) is 0.820. The predicted molar refractivity (Wildman–Crippen MR) is 83.2 cm³/mol. The minimum absolute atomic E-state index is 0.0649. The second-order valence-corrected chi connectivity index (χ2v) is 7.52. The van der Waals surface area contributed by atoms with Gasteiger partial charge in [-0.25, -0.2) is 8.42 Å². The fraction of sp³-hybridized carbons (Fsp3) is 0.467. The smallest absolute Gasteiger partial charge is 0.325 e. The first-order valence-electron chi connectivity index (χ1n) is 7.40. The van der Waals surface area contributed by atoms with Crippen LogP contribution < -0.4 is 5.32 Å². The molecule has 0 aromatic heterocycles. The standard InChI is InChI=1S/C15H20N2O5S/c1-11(15(19)20)16-14(18)12-6-5-9-17(10-12)23(21,22)13-7-3-2-4-8-13/h2-4,7-8,11-12H,5-6,9-10H2,1H3,(H,16,18)(H,19,20)/t11-,12-/m1/s1. The number of carboxylic acid groups (broad SMARTS) is 1. The first-order valence-corrected chi connectivity index (χ1v) is 8.84. The van der Waals surface area contributed by atoms with E-state index < -0.39 is 33.9 Å². The van der Waals surface area contributed by atoms with E-state index in [9.17, 15) is 18.0 Å². The molecular weight excluding hydrogens is 320 g/mol. The highest BCUT2D eigenvalue weighted by Crippen LogP contribution is 2.23. The summed E-state index contributed by atoms with van der Waals surface area (Å²) in [5.41, 5.74) is 0. The minimum Gasteiger partial charge on any atom is -0.480 e. The molecule has 2 rings (SSSR count). The van der Waals surface area contributed by atoms with E-state index in [1.54, 1.807) is 18.2 Å². The molecule has 0 unspecified atom stereocenters. The van der Waals surface area contributed by atoms with Crippen LogP contribution >= 0.6 is 0 Å². The van der Waals surface area contributed by atoms with E-state index in [4.69, 9.17) is 5.11 Å². The Morgan fingerprint density at radius 3 is 2.57 bits per heavy atom. The normalized spacial score (nSPS) is 20.7. The first kappa shape index (κ1) is 17.4. The highest BCUT2D eigenvalue weighted by molar-refractivity contribution is 7.89. The topological polar surface area (TPSA) is 104 Å². The van der Waals surface area contributed by atoms with E-state index in [1.165, 1.54) is 23.4 Å². The van der Waals surface area contributed by atoms with E-state index in [0.29, 0.717) is 19.4 Å². The third-order valence-electron chi connectivity index (χ3n) is 3.87. The zero-order chi connectivity index (χ0) is 17.0. The molecule has 0 bridgehead atoms. The Morgan fingerprint density at radius 2 is 1.96 bits per heavy atom. The number of carbonyl (C=O) groups excluding carboxylic acids is 1. The summed E-state index contributed by atoms with van der Waals surface area (Å²) in [7, 11) is -3.64. The van der Waals surface area contributed by atoms with Crippen molar-refractivity contribution in [3.05, 3.63) is 30.3 Å². The molecule has 1 fully saturated rings. The van der Waals surface area contributed by atoms with Crippen molar-refractivity contribution < 1.29 is 23.1 Å². The molecule has 1 aliphatic rings. The highest BCUT2D eigenvalue weighted by atomic mass is 32.2. The third kappa shape index (κ3) is 4.08. The lowest BCUT2D eigenvalue weighted by Gasteiger charge is -2.31. The summed E-state index contributed by atoms with van der Waals surface area (Å²) in [5.74, 6) is -2.08. The van der Waals surface area contributed by atoms with Gasteiger partial charge in [-0.05, 0) is 31.9 Å². The van der Waals surface area contributed by atoms with Crippen LogP contribution in [0.5, 0.6) is 0 Å². The maximum Gasteiger partial charge on any atom is 0.325 e. The van der Waals surface area contributed by atoms with Crippen molar-refractivity contribution in [3.63, 3.8) is 0 Å². The Bertz CT molecular complexity index is 674. The Hall–Kier alpha value is -1.93. The number of piperidine rings is 1. The number of nitrogens with zero attached hydrogens (tertiary/aromatic N) is 1. The molecule has 126 valence electrons. The van der Waals surface area contributed by atoms with E-state index in [2.05, 4.69) is 5.32 Å². The molecule has 2 atom stereocenters. The van der Waals surface area contributed by atoms with Gasteiger partial charge in [-0.3, -0.25) is 9.59 Å². The summed E-state index contributed by atoms with van der Waals surface area (Å²) < 4.78 is 26.5. The number of amides is 1. The van der Waals surface area contributed by atoms with Gasteiger partial charge in [0.05, 0.1) is 10.8 Å². The highest BCUT2D eigenvalue weighted by Gasteiger charge is 2.33. The van der Waals surface area contributed by atoms with Gasteiger partial charge in [-0.15, -0.1) is 0 Å². The van der Waals surface area contributed by atoms with E-state index in [0.717, 1.165) is 0 Å². The van der Waals surface area contributed by atoms with Crippen molar-refractivity contribution in [2.24, 2.45) is 5.92 Å². The number of nitrogens with one attached hydrogen (secondary N) is 1. The average molecular weight is 340 g/mol. The monoisotopic (exact) mass is 340 g/mol. The number of hydrogen-bond acceptors (Lipinski definition) is 4. The molecule has 1 amide bonds. The molecular formula is C15H20N2O5S. The molecule has 0 aliphatic carbocycles. The molecule has 0 saturated carbocycles. The van der Waals surface area contributed by atoms with Crippen LogP contribution in [0.15, 0.2) is 35.2 Å². The molecule has 1 aliphatic heterocycles. The van der Waals surface area contributed by atoms with Gasteiger partial charge >= 0.3 is 5.97 Å². The Labute approximate surface area is 135 Å². The minimum atomic E-state index is -3.64. The van der Waals surface area contributed by atoms with Crippen LogP contribution in [-0.2, 0) is 19.6 Å². The number of sulfonamides is 1. The van der Waals surface area contributed by atoms with Crippen LogP contribution in [0.2, 0.25) is 0 Å². The molecule has 0 spiro atoms. The van der Waals surface area contributed by atoms with Crippen LogP contribution in [0.25, 0.3) is 0 Å². The van der Waals surface area contributed by atoms with Crippen molar-refractivity contribution in [3.8, 4) is 0 Å². The molecule has 23 heavy (non-hydrogen) atoms. The van der Waals surface area contributed by atoms with Crippen molar-refractivity contribution in [2.75, 3.05) is 13.1 Å². The molecule has 8 heteroatoms. The van der Waals surface area contributed by atoms with Crippen LogP contribution in [-0.4, -0.2) is 48.8 Å². The Balaban J connectivity index is 2.09. The number of carbonyl (C=O) groups is 2. The number of aliphatic carboxylic acids is 1. The Morgan fingerprint density at radius 1 is 1.30 bits per heavy atom. The lowest BCUT2D eigenvalue weighted by atomic mass is 9.98. The predicted octanol–water partition coefficient (Wildman–Crippen LogP) is 0.677. The lowest BCUT2D eigenvalue weighted by Crippen LogP contribution is -2.48. The van der Waals surface area contributed by atoms with Gasteiger partial charge < -0.3 is 10.4 Å². The molecule has 0 radical (unpaired) electrons. The fourth-order valence-corrected chi connectivity index (χ4v) is 4.05. The second kappa shape index (κ2) is 7.10. The molecule has 1 heterocycles. The molecule has 1 aromatic carbocycles. The summed E-state index contributed by atoms with van der Waals surface area (Å²) in [6, 6.07) is 7.07. The van der Waals surface area contributed by atoms with Gasteiger partial charge in [-0.2, -0.15) is 4.31 Å². The van der Waals surface area contributed by atoms with Gasteiger partial charge in [0.2, 0.25) is 15.9 Å². The molecule has 1 aromatic rings. The summed E-state index contributed by atoms with van der Waals surface area (Å²) in [6.45, 7) is 1.80. The SMILES string of the molecule is C[C@@H](NC(=O)[C@@H]1CCCN(S(=O)(=O)c2ccccc2)C1)C(=O)O. The number of benzene rings is 1. The summed E-state index contributed by atoms with van der Waals surface area (Å²) in [5, 5.41) is 11.2. The van der Waals surface area contributed by atoms with Crippen LogP contribution in [0.1, 0.15) is 19.8 Å². The number of carboxylic acids is 1. The largest absolute Gasteiger partial charge is 0.480 e. The van der Waals surface area contributed by atoms with Gasteiger partial charge in [0.15, 0.2) is 0 Å². The average Bonchev–Trinajstić information content (AvgIpc) is 2.55. The van der Waals surface area contributed by atoms with Crippen molar-refractivity contribution in [1.29, 1.82) is 0 Å². The van der Waals surface area contributed by atoms with Gasteiger partial charge in [0.25, 0.3) is 0 Å². The van der Waals surface area contributed by atoms with Crippen LogP contribution in [0, 0.1) is 5.92 Å². The van der Waals surface area contributed by atoms with E-state index in [1.807, 2.05) is 0 Å². The van der Waals surface area contributed by atoms with Gasteiger partial charge in [0, 0.05) is 13.1 Å². The molecule has 2 N–H and O–H groups in total. The Kier molecular flexibility index (Phi) is 5.38. The van der Waals surface area contributed by atoms with Crippen molar-refractivity contribution >= 4 is 21.9 Å².